The van der Waals surface area contributed by atoms with Gasteiger partial charge in [0.15, 0.2) is 0 Å². The number of benzene rings is 6. The number of rotatable bonds is 3. The van der Waals surface area contributed by atoms with Crippen molar-refractivity contribution in [3.8, 4) is 22.6 Å². The molecule has 0 aliphatic heterocycles. The number of fused-ring (bicyclic) bond motifs is 10. The molecule has 0 bridgehead atoms. The van der Waals surface area contributed by atoms with Gasteiger partial charge in [-0.25, -0.2) is 9.97 Å². The average molecular weight is 593 g/mol. The molecule has 0 atom stereocenters. The number of hydrogen-bond acceptors (Lipinski definition) is 3. The molecule has 0 aliphatic rings. The van der Waals surface area contributed by atoms with Gasteiger partial charge in [0.2, 0.25) is 0 Å². The fourth-order valence-corrected chi connectivity index (χ4v) is 8.32. The lowest BCUT2D eigenvalue weighted by atomic mass is 10.0. The predicted octanol–water partition coefficient (Wildman–Crippen LogP) is 10.7. The first-order valence-corrected chi connectivity index (χ1v) is 15.9. The molecule has 210 valence electrons. The van der Waals surface area contributed by atoms with Gasteiger partial charge >= 0.3 is 0 Å². The number of nitrogens with zero attached hydrogens (tertiary/aromatic N) is 4. The molecule has 0 unspecified atom stereocenters. The van der Waals surface area contributed by atoms with Crippen molar-refractivity contribution in [2.45, 2.75) is 0 Å². The molecule has 4 aromatic heterocycles. The van der Waals surface area contributed by atoms with Gasteiger partial charge in [0.05, 0.1) is 38.0 Å². The smallest absolute Gasteiger partial charge is 0.116 e. The van der Waals surface area contributed by atoms with Crippen LogP contribution < -0.4 is 0 Å². The molecule has 10 aromatic rings. The van der Waals surface area contributed by atoms with E-state index < -0.39 is 0 Å². The quantitative estimate of drug-likeness (QED) is 0.205. The molecule has 0 saturated carbocycles. The van der Waals surface area contributed by atoms with Crippen LogP contribution in [0.1, 0.15) is 0 Å². The fourth-order valence-electron chi connectivity index (χ4n) is 7.15. The maximum absolute atomic E-state index is 4.85. The molecule has 4 nitrogen and oxygen atoms in total. The Hall–Kier alpha value is -5.78. The summed E-state index contributed by atoms with van der Waals surface area (Å²) in [4.78, 5) is 9.55. The summed E-state index contributed by atoms with van der Waals surface area (Å²) in [5.74, 6) is 0. The van der Waals surface area contributed by atoms with Crippen LogP contribution >= 0.6 is 11.3 Å². The Kier molecular flexibility index (Phi) is 5.12. The van der Waals surface area contributed by atoms with E-state index in [1.807, 2.05) is 0 Å². The van der Waals surface area contributed by atoms with Gasteiger partial charge in [0.25, 0.3) is 0 Å². The van der Waals surface area contributed by atoms with Gasteiger partial charge in [-0.2, -0.15) is 0 Å². The minimum Gasteiger partial charge on any atom is -0.309 e. The lowest BCUT2D eigenvalue weighted by molar-refractivity contribution is 1.17. The van der Waals surface area contributed by atoms with Gasteiger partial charge in [-0.1, -0.05) is 84.9 Å². The van der Waals surface area contributed by atoms with E-state index in [9.17, 15) is 0 Å². The van der Waals surface area contributed by atoms with Gasteiger partial charge in [-0.15, -0.1) is 11.3 Å². The van der Waals surface area contributed by atoms with Crippen molar-refractivity contribution < 1.29 is 0 Å². The monoisotopic (exact) mass is 592 g/mol. The van der Waals surface area contributed by atoms with Crippen LogP contribution in [0.25, 0.3) is 86.5 Å². The van der Waals surface area contributed by atoms with Crippen molar-refractivity contribution in [2.75, 3.05) is 0 Å². The van der Waals surface area contributed by atoms with Crippen molar-refractivity contribution >= 4 is 75.3 Å². The van der Waals surface area contributed by atoms with E-state index in [1.54, 1.807) is 17.7 Å². The van der Waals surface area contributed by atoms with Crippen LogP contribution in [0, 0.1) is 0 Å². The molecule has 0 fully saturated rings. The maximum atomic E-state index is 4.85. The molecular weight excluding hydrogens is 569 g/mol. The molecule has 0 saturated heterocycles. The van der Waals surface area contributed by atoms with Gasteiger partial charge < -0.3 is 9.13 Å². The second kappa shape index (κ2) is 9.36. The summed E-state index contributed by atoms with van der Waals surface area (Å²) < 4.78 is 7.15. The molecule has 6 aromatic carbocycles. The van der Waals surface area contributed by atoms with Gasteiger partial charge in [0, 0.05) is 48.6 Å². The summed E-state index contributed by atoms with van der Waals surface area (Å²) in [6, 6.07) is 50.0. The third kappa shape index (κ3) is 3.47. The van der Waals surface area contributed by atoms with E-state index in [-0.39, 0.29) is 0 Å². The maximum Gasteiger partial charge on any atom is 0.116 e. The second-order valence-corrected chi connectivity index (χ2v) is 12.5. The Morgan fingerprint density at radius 3 is 1.80 bits per heavy atom. The van der Waals surface area contributed by atoms with Crippen LogP contribution in [0.5, 0.6) is 0 Å². The number of para-hydroxylation sites is 3. The van der Waals surface area contributed by atoms with Crippen molar-refractivity contribution in [3.05, 3.63) is 146 Å². The largest absolute Gasteiger partial charge is 0.309 e. The molecular formula is C40H24N4S. The minimum atomic E-state index is 0.971. The molecule has 45 heavy (non-hydrogen) atoms. The second-order valence-electron chi connectivity index (χ2n) is 11.4. The van der Waals surface area contributed by atoms with Crippen molar-refractivity contribution in [2.24, 2.45) is 0 Å². The minimum absolute atomic E-state index is 0.971. The molecule has 0 amide bonds. The first-order valence-electron chi connectivity index (χ1n) is 15.1. The summed E-state index contributed by atoms with van der Waals surface area (Å²) >= 11 is 1.76. The van der Waals surface area contributed by atoms with Crippen molar-refractivity contribution in [1.82, 2.24) is 19.1 Å². The van der Waals surface area contributed by atoms with Crippen LogP contribution in [0.3, 0.4) is 0 Å². The zero-order chi connectivity index (χ0) is 29.5. The third-order valence-corrected chi connectivity index (χ3v) is 10.2. The van der Waals surface area contributed by atoms with E-state index in [1.165, 1.54) is 48.2 Å². The number of hydrogen-bond donors (Lipinski definition) is 0. The normalized spacial score (nSPS) is 12.0. The highest BCUT2D eigenvalue weighted by atomic mass is 32.1. The SMILES string of the molecule is c1ccc(-n2c3ccccc3c3c4c5ccc(-c6ncnc7c6sc6ccccc67)cc5n(-c5ccccc5)c4ccc32)cc1. The van der Waals surface area contributed by atoms with Gasteiger partial charge in [-0.05, 0) is 54.6 Å². The van der Waals surface area contributed by atoms with Crippen LogP contribution in [-0.4, -0.2) is 19.1 Å². The molecule has 0 radical (unpaired) electrons. The Morgan fingerprint density at radius 1 is 0.467 bits per heavy atom. The van der Waals surface area contributed by atoms with Crippen molar-refractivity contribution in [1.29, 1.82) is 0 Å². The lowest BCUT2D eigenvalue weighted by Gasteiger charge is -2.09. The Labute approximate surface area is 262 Å². The van der Waals surface area contributed by atoms with Gasteiger partial charge in [0.1, 0.15) is 6.33 Å². The third-order valence-electron chi connectivity index (χ3n) is 9.03. The van der Waals surface area contributed by atoms with Crippen molar-refractivity contribution in [3.63, 3.8) is 0 Å². The number of aromatic nitrogens is 4. The Bertz CT molecular complexity index is 2750. The predicted molar refractivity (Wildman–Crippen MR) is 189 cm³/mol. The van der Waals surface area contributed by atoms with Gasteiger partial charge in [-0.3, -0.25) is 0 Å². The highest BCUT2D eigenvalue weighted by molar-refractivity contribution is 7.26. The molecule has 10 rings (SSSR count). The Balaban J connectivity index is 1.34. The summed E-state index contributed by atoms with van der Waals surface area (Å²) in [6.07, 6.45) is 1.70. The zero-order valence-corrected chi connectivity index (χ0v) is 24.9. The summed E-state index contributed by atoms with van der Waals surface area (Å²) in [5.41, 5.74) is 10.1. The van der Waals surface area contributed by atoms with E-state index in [4.69, 9.17) is 9.97 Å². The highest BCUT2D eigenvalue weighted by Gasteiger charge is 2.21. The van der Waals surface area contributed by atoms with E-state index in [0.717, 1.165) is 38.4 Å². The molecule has 5 heteroatoms. The summed E-state index contributed by atoms with van der Waals surface area (Å²) in [6.45, 7) is 0. The number of thiophene rings is 1. The Morgan fingerprint density at radius 2 is 1.07 bits per heavy atom. The molecule has 0 aliphatic carbocycles. The van der Waals surface area contributed by atoms with E-state index >= 15 is 0 Å². The van der Waals surface area contributed by atoms with Crippen LogP contribution in [0.2, 0.25) is 0 Å². The van der Waals surface area contributed by atoms with E-state index in [0.29, 0.717) is 0 Å². The molecule has 0 N–H and O–H groups in total. The summed E-state index contributed by atoms with van der Waals surface area (Å²) in [5, 5.41) is 6.19. The standard InChI is InChI=1S/C40H24N4S/c1-3-11-26(12-4-1)43-31-17-9-7-15-28(31)36-32(43)21-22-33-37(36)29-20-19-25(23-34(29)44(33)27-13-5-2-6-14-27)38-40-39(42-24-41-38)30-16-8-10-18-35(30)45-40/h1-24H. The van der Waals surface area contributed by atoms with Crippen LogP contribution in [0.15, 0.2) is 146 Å². The zero-order valence-electron chi connectivity index (χ0n) is 24.1. The molecule has 4 heterocycles. The summed E-state index contributed by atoms with van der Waals surface area (Å²) in [7, 11) is 0. The molecule has 0 spiro atoms. The highest BCUT2D eigenvalue weighted by Crippen LogP contribution is 2.44. The van der Waals surface area contributed by atoms with E-state index in [2.05, 4.69) is 149 Å². The fraction of sp³-hybridized carbons (Fsp3) is 0. The average Bonchev–Trinajstić information content (AvgIpc) is 3.76. The van der Waals surface area contributed by atoms with Crippen LogP contribution in [-0.2, 0) is 0 Å². The first kappa shape index (κ1) is 24.6. The topological polar surface area (TPSA) is 35.6 Å². The lowest BCUT2D eigenvalue weighted by Crippen LogP contribution is -1.94. The van der Waals surface area contributed by atoms with Crippen LogP contribution in [0.4, 0.5) is 0 Å². The first-order chi connectivity index (χ1) is 22.3.